The molecule has 1 N–H and O–H groups in total. The molecule has 0 fully saturated rings. The Balaban J connectivity index is 2.34. The molecule has 0 bridgehead atoms. The van der Waals surface area contributed by atoms with E-state index >= 15 is 0 Å². The van der Waals surface area contributed by atoms with Crippen LogP contribution >= 0.6 is 31.9 Å². The molecule has 1 aromatic carbocycles. The molecule has 2 aromatic heterocycles. The van der Waals surface area contributed by atoms with E-state index in [2.05, 4.69) is 41.8 Å². The Labute approximate surface area is 155 Å². The molecule has 130 valence electrons. The number of hydrogen-bond donors (Lipinski definition) is 1. The third kappa shape index (κ3) is 2.73. The monoisotopic (exact) mass is 477 g/mol. The molecule has 0 spiro atoms. The van der Waals surface area contributed by atoms with E-state index in [4.69, 9.17) is 0 Å². The Morgan fingerprint density at radius 2 is 1.84 bits per heavy atom. The van der Waals surface area contributed by atoms with Crippen molar-refractivity contribution in [3.8, 4) is 5.75 Å². The second-order valence-electron chi connectivity index (χ2n) is 5.01. The Morgan fingerprint density at radius 1 is 1.24 bits per heavy atom. The minimum absolute atomic E-state index is 0.0272. The number of phenolic OH excluding ortho intramolecular Hbond substituents is 1. The molecule has 0 unspecified atom stereocenters. The molecule has 0 aliphatic carbocycles. The number of ketones is 1. The first kappa shape index (κ1) is 17.9. The predicted octanol–water partition coefficient (Wildman–Crippen LogP) is 4.17. The first-order valence-corrected chi connectivity index (χ1v) is 8.48. The molecule has 0 saturated carbocycles. The van der Waals surface area contributed by atoms with E-state index in [0.29, 0.717) is 0 Å². The van der Waals surface area contributed by atoms with E-state index in [0.717, 1.165) is 16.8 Å². The second-order valence-corrected chi connectivity index (χ2v) is 6.60. The molecular formula is C15H8Br2F3N3O2. The van der Waals surface area contributed by atoms with Gasteiger partial charge in [0.25, 0.3) is 0 Å². The maximum atomic E-state index is 14.5. The number of rotatable bonds is 3. The fourth-order valence-electron chi connectivity index (χ4n) is 2.38. The summed E-state index contributed by atoms with van der Waals surface area (Å²) in [5.41, 5.74) is -0.897. The largest absolute Gasteiger partial charge is 0.505 e. The van der Waals surface area contributed by atoms with Crippen LogP contribution in [0.15, 0.2) is 21.3 Å². The van der Waals surface area contributed by atoms with Crippen LogP contribution in [0.1, 0.15) is 28.7 Å². The summed E-state index contributed by atoms with van der Waals surface area (Å²) in [6, 6.07) is 0. The van der Waals surface area contributed by atoms with Crippen molar-refractivity contribution in [2.45, 2.75) is 13.3 Å². The third-order valence-electron chi connectivity index (χ3n) is 3.54. The van der Waals surface area contributed by atoms with E-state index in [1.54, 1.807) is 6.92 Å². The number of benzene rings is 1. The minimum atomic E-state index is -1.27. The van der Waals surface area contributed by atoms with E-state index < -0.39 is 43.5 Å². The van der Waals surface area contributed by atoms with Crippen molar-refractivity contribution in [2.75, 3.05) is 0 Å². The van der Waals surface area contributed by atoms with E-state index in [1.807, 2.05) is 0 Å². The van der Waals surface area contributed by atoms with Gasteiger partial charge in [-0.3, -0.25) is 9.20 Å². The number of halogens is 5. The van der Waals surface area contributed by atoms with Gasteiger partial charge in [0.15, 0.2) is 17.5 Å². The van der Waals surface area contributed by atoms with Crippen molar-refractivity contribution in [1.82, 2.24) is 14.4 Å². The van der Waals surface area contributed by atoms with Gasteiger partial charge in [0.2, 0.25) is 11.6 Å². The number of aryl methyl sites for hydroxylation is 1. The molecule has 0 amide bonds. The van der Waals surface area contributed by atoms with Gasteiger partial charge < -0.3 is 5.11 Å². The summed E-state index contributed by atoms with van der Waals surface area (Å²) in [6.45, 7) is 1.68. The quantitative estimate of drug-likeness (QED) is 0.453. The smallest absolute Gasteiger partial charge is 0.234 e. The van der Waals surface area contributed by atoms with E-state index in [1.165, 1.54) is 0 Å². The first-order chi connectivity index (χ1) is 11.8. The highest BCUT2D eigenvalue weighted by atomic mass is 79.9. The summed E-state index contributed by atoms with van der Waals surface area (Å²) in [4.78, 5) is 20.7. The van der Waals surface area contributed by atoms with Gasteiger partial charge in [-0.15, -0.1) is 0 Å². The lowest BCUT2D eigenvalue weighted by Crippen LogP contribution is -2.13. The van der Waals surface area contributed by atoms with Gasteiger partial charge in [0, 0.05) is 0 Å². The number of aromatic nitrogens is 3. The fourth-order valence-corrected chi connectivity index (χ4v) is 3.44. The summed E-state index contributed by atoms with van der Waals surface area (Å²) < 4.78 is 42.5. The summed E-state index contributed by atoms with van der Waals surface area (Å²) in [5.74, 6) is -5.02. The molecule has 0 saturated heterocycles. The number of phenols is 1. The third-order valence-corrected chi connectivity index (χ3v) is 4.99. The van der Waals surface area contributed by atoms with Gasteiger partial charge in [-0.25, -0.2) is 23.1 Å². The van der Waals surface area contributed by atoms with Gasteiger partial charge in [-0.1, -0.05) is 6.92 Å². The van der Waals surface area contributed by atoms with Crippen LogP contribution in [0, 0.1) is 17.5 Å². The number of nitrogens with zero attached hydrogens (tertiary/aromatic N) is 3. The van der Waals surface area contributed by atoms with Crippen molar-refractivity contribution < 1.29 is 23.1 Å². The molecule has 3 aromatic rings. The van der Waals surface area contributed by atoms with Crippen molar-refractivity contribution in [1.29, 1.82) is 0 Å². The average Bonchev–Trinajstić information content (AvgIpc) is 2.95. The van der Waals surface area contributed by atoms with Crippen LogP contribution in [0.4, 0.5) is 13.2 Å². The lowest BCUT2D eigenvalue weighted by atomic mass is 10.0. The maximum Gasteiger partial charge on any atom is 0.234 e. The Morgan fingerprint density at radius 3 is 2.40 bits per heavy atom. The van der Waals surface area contributed by atoms with E-state index in [-0.39, 0.29) is 23.6 Å². The van der Waals surface area contributed by atoms with Crippen LogP contribution in [0.25, 0.3) is 5.78 Å². The van der Waals surface area contributed by atoms with Gasteiger partial charge in [-0.05, 0) is 38.3 Å². The number of carbonyl (C=O) groups is 1. The summed E-state index contributed by atoms with van der Waals surface area (Å²) in [7, 11) is 0. The van der Waals surface area contributed by atoms with E-state index in [9.17, 15) is 23.1 Å². The molecule has 10 heteroatoms. The standard InChI is InChI=1S/C15H8Br2F3N3O2/c1-2-6-12(23-4-5(18)3-21-15(23)22-6)13(24)7-10(19)8(16)14(25)9(17)11(7)20/h3-4,25H,2H2,1H3. The fraction of sp³-hybridized carbons (Fsp3) is 0.133. The van der Waals surface area contributed by atoms with Crippen molar-refractivity contribution in [3.63, 3.8) is 0 Å². The Bertz CT molecular complexity index is 1010. The summed E-state index contributed by atoms with van der Waals surface area (Å²) >= 11 is 5.55. The summed E-state index contributed by atoms with van der Waals surface area (Å²) in [5, 5.41) is 9.65. The molecule has 0 radical (unpaired) electrons. The second kappa shape index (κ2) is 6.41. The lowest BCUT2D eigenvalue weighted by Gasteiger charge is -2.10. The number of fused-ring (bicyclic) bond motifs is 1. The van der Waals surface area contributed by atoms with Gasteiger partial charge >= 0.3 is 0 Å². The van der Waals surface area contributed by atoms with Crippen molar-refractivity contribution >= 4 is 43.4 Å². The number of imidazole rings is 1. The molecular weight excluding hydrogens is 471 g/mol. The van der Waals surface area contributed by atoms with Crippen molar-refractivity contribution in [3.05, 3.63) is 55.7 Å². The molecule has 0 atom stereocenters. The van der Waals surface area contributed by atoms with Gasteiger partial charge in [0.1, 0.15) is 11.4 Å². The molecule has 5 nitrogen and oxygen atoms in total. The predicted molar refractivity (Wildman–Crippen MR) is 89.2 cm³/mol. The van der Waals surface area contributed by atoms with Crippen LogP contribution in [0.5, 0.6) is 5.75 Å². The zero-order valence-corrected chi connectivity index (χ0v) is 15.6. The lowest BCUT2D eigenvalue weighted by molar-refractivity contribution is 0.102. The molecule has 2 heterocycles. The number of carbonyl (C=O) groups excluding carboxylic acids is 1. The molecule has 3 rings (SSSR count). The van der Waals surface area contributed by atoms with Crippen molar-refractivity contribution in [2.24, 2.45) is 0 Å². The number of hydrogen-bond acceptors (Lipinski definition) is 4. The highest BCUT2D eigenvalue weighted by molar-refractivity contribution is 9.11. The zero-order valence-electron chi connectivity index (χ0n) is 12.4. The van der Waals surface area contributed by atoms with Crippen LogP contribution in [-0.4, -0.2) is 25.3 Å². The minimum Gasteiger partial charge on any atom is -0.505 e. The SMILES string of the molecule is CCc1nc2ncc(F)cn2c1C(=O)c1c(F)c(Br)c(O)c(Br)c1F. The normalized spacial score (nSPS) is 11.3. The van der Waals surface area contributed by atoms with Gasteiger partial charge in [-0.2, -0.15) is 0 Å². The highest BCUT2D eigenvalue weighted by Gasteiger charge is 2.30. The maximum absolute atomic E-state index is 14.5. The Hall–Kier alpha value is -1.94. The average molecular weight is 479 g/mol. The zero-order chi connectivity index (χ0) is 18.5. The van der Waals surface area contributed by atoms with Crippen LogP contribution in [0.2, 0.25) is 0 Å². The highest BCUT2D eigenvalue weighted by Crippen LogP contribution is 2.39. The Kier molecular flexibility index (Phi) is 4.58. The summed E-state index contributed by atoms with van der Waals surface area (Å²) in [6.07, 6.45) is 2.14. The first-order valence-electron chi connectivity index (χ1n) is 6.90. The van der Waals surface area contributed by atoms with Crippen LogP contribution in [0.3, 0.4) is 0 Å². The van der Waals surface area contributed by atoms with Crippen LogP contribution in [-0.2, 0) is 6.42 Å². The molecule has 25 heavy (non-hydrogen) atoms. The van der Waals surface area contributed by atoms with Crippen LogP contribution < -0.4 is 0 Å². The van der Waals surface area contributed by atoms with Gasteiger partial charge in [0.05, 0.1) is 32.6 Å². The number of aromatic hydroxyl groups is 1. The molecule has 0 aliphatic rings. The topological polar surface area (TPSA) is 67.5 Å². The molecule has 0 aliphatic heterocycles.